The van der Waals surface area contributed by atoms with Crippen LogP contribution in [-0.2, 0) is 16.0 Å². The summed E-state index contributed by atoms with van der Waals surface area (Å²) in [6.07, 6.45) is 1.88. The zero-order valence-corrected chi connectivity index (χ0v) is 13.4. The molecule has 116 valence electrons. The summed E-state index contributed by atoms with van der Waals surface area (Å²) in [4.78, 5) is 28.4. The predicted octanol–water partition coefficient (Wildman–Crippen LogP) is 2.47. The van der Waals surface area contributed by atoms with Crippen molar-refractivity contribution in [2.24, 2.45) is 5.92 Å². The molecule has 2 amide bonds. The lowest BCUT2D eigenvalue weighted by molar-refractivity contribution is -0.127. The maximum atomic E-state index is 12.3. The quantitative estimate of drug-likeness (QED) is 0.860. The van der Waals surface area contributed by atoms with Gasteiger partial charge in [0.1, 0.15) is 6.04 Å². The smallest absolute Gasteiger partial charge is 0.248 e. The molecule has 1 atom stereocenters. The summed E-state index contributed by atoms with van der Waals surface area (Å²) in [6, 6.07) is 8.87. The van der Waals surface area contributed by atoms with Gasteiger partial charge in [0.15, 0.2) is 5.13 Å². The van der Waals surface area contributed by atoms with E-state index in [0.717, 1.165) is 5.56 Å². The Bertz CT molecular complexity index is 612. The Labute approximate surface area is 133 Å². The average Bonchev–Trinajstić information content (AvgIpc) is 2.98. The normalized spacial score (nSPS) is 12.0. The van der Waals surface area contributed by atoms with Crippen molar-refractivity contribution in [2.45, 2.75) is 26.3 Å². The highest BCUT2D eigenvalue weighted by Crippen LogP contribution is 2.12. The number of amides is 2. The van der Waals surface area contributed by atoms with Crippen molar-refractivity contribution >= 4 is 28.3 Å². The summed E-state index contributed by atoms with van der Waals surface area (Å²) in [5.41, 5.74) is 0.919. The highest BCUT2D eigenvalue weighted by molar-refractivity contribution is 7.13. The lowest BCUT2D eigenvalue weighted by atomic mass is 10.0. The molecule has 1 aromatic carbocycles. The van der Waals surface area contributed by atoms with Gasteiger partial charge < -0.3 is 10.6 Å². The standard InChI is InChI=1S/C16H19N3O2S/c1-11(2)14(15(21)19-16-17-8-9-22-16)18-13(20)10-12-6-4-3-5-7-12/h3-9,11,14H,10H2,1-2H3,(H,18,20)(H,17,19,21). The fraction of sp³-hybridized carbons (Fsp3) is 0.312. The number of hydrogen-bond acceptors (Lipinski definition) is 4. The second kappa shape index (κ2) is 7.70. The second-order valence-electron chi connectivity index (χ2n) is 5.28. The Morgan fingerprint density at radius 2 is 1.95 bits per heavy atom. The van der Waals surface area contributed by atoms with Gasteiger partial charge in [0.05, 0.1) is 6.42 Å². The molecule has 0 saturated carbocycles. The van der Waals surface area contributed by atoms with E-state index in [2.05, 4.69) is 15.6 Å². The van der Waals surface area contributed by atoms with Crippen LogP contribution < -0.4 is 10.6 Å². The van der Waals surface area contributed by atoms with Crippen LogP contribution in [0.25, 0.3) is 0 Å². The number of rotatable bonds is 6. The van der Waals surface area contributed by atoms with Gasteiger partial charge in [-0.1, -0.05) is 44.2 Å². The van der Waals surface area contributed by atoms with Crippen LogP contribution in [0.5, 0.6) is 0 Å². The Balaban J connectivity index is 1.96. The number of nitrogens with one attached hydrogen (secondary N) is 2. The molecule has 1 heterocycles. The SMILES string of the molecule is CC(C)C(NC(=O)Cc1ccccc1)C(=O)Nc1nccs1. The van der Waals surface area contributed by atoms with E-state index in [1.54, 1.807) is 11.6 Å². The van der Waals surface area contributed by atoms with Crippen molar-refractivity contribution in [1.29, 1.82) is 0 Å². The fourth-order valence-electron chi connectivity index (χ4n) is 2.01. The number of benzene rings is 1. The topological polar surface area (TPSA) is 71.1 Å². The Kier molecular flexibility index (Phi) is 5.66. The minimum Gasteiger partial charge on any atom is -0.344 e. The van der Waals surface area contributed by atoms with Crippen LogP contribution in [0.15, 0.2) is 41.9 Å². The van der Waals surface area contributed by atoms with E-state index >= 15 is 0 Å². The number of nitrogens with zero attached hydrogens (tertiary/aromatic N) is 1. The number of thiazole rings is 1. The molecule has 1 unspecified atom stereocenters. The lowest BCUT2D eigenvalue weighted by Crippen LogP contribution is -2.47. The van der Waals surface area contributed by atoms with Crippen molar-refractivity contribution in [3.05, 3.63) is 47.5 Å². The molecule has 2 aromatic rings. The summed E-state index contributed by atoms with van der Waals surface area (Å²) in [5, 5.41) is 7.85. The third-order valence-electron chi connectivity index (χ3n) is 3.14. The first kappa shape index (κ1) is 16.2. The third kappa shape index (κ3) is 4.66. The molecule has 0 fully saturated rings. The summed E-state index contributed by atoms with van der Waals surface area (Å²) in [7, 11) is 0. The first-order valence-corrected chi connectivity index (χ1v) is 7.98. The Hall–Kier alpha value is -2.21. The summed E-state index contributed by atoms with van der Waals surface area (Å²) < 4.78 is 0. The zero-order valence-electron chi connectivity index (χ0n) is 12.6. The zero-order chi connectivity index (χ0) is 15.9. The molecule has 2 N–H and O–H groups in total. The summed E-state index contributed by atoms with van der Waals surface area (Å²) in [5.74, 6) is -0.426. The molecule has 22 heavy (non-hydrogen) atoms. The van der Waals surface area contributed by atoms with E-state index in [0.29, 0.717) is 5.13 Å². The van der Waals surface area contributed by atoms with E-state index in [9.17, 15) is 9.59 Å². The van der Waals surface area contributed by atoms with Gasteiger partial charge >= 0.3 is 0 Å². The van der Waals surface area contributed by atoms with E-state index in [1.807, 2.05) is 44.2 Å². The fourth-order valence-corrected chi connectivity index (χ4v) is 2.54. The van der Waals surface area contributed by atoms with E-state index in [1.165, 1.54) is 11.3 Å². The molecule has 0 aliphatic carbocycles. The first-order valence-electron chi connectivity index (χ1n) is 7.10. The molecule has 5 nitrogen and oxygen atoms in total. The van der Waals surface area contributed by atoms with Crippen molar-refractivity contribution in [3.63, 3.8) is 0 Å². The van der Waals surface area contributed by atoms with Crippen molar-refractivity contribution < 1.29 is 9.59 Å². The highest BCUT2D eigenvalue weighted by atomic mass is 32.1. The number of carbonyl (C=O) groups is 2. The number of hydrogen-bond donors (Lipinski definition) is 2. The Morgan fingerprint density at radius 1 is 1.23 bits per heavy atom. The predicted molar refractivity (Wildman–Crippen MR) is 87.7 cm³/mol. The molecule has 0 aliphatic heterocycles. The van der Waals surface area contributed by atoms with Crippen molar-refractivity contribution in [1.82, 2.24) is 10.3 Å². The summed E-state index contributed by atoms with van der Waals surface area (Å²) in [6.45, 7) is 3.80. The number of aromatic nitrogens is 1. The largest absolute Gasteiger partial charge is 0.344 e. The molecule has 0 bridgehead atoms. The maximum Gasteiger partial charge on any atom is 0.248 e. The van der Waals surface area contributed by atoms with Gasteiger partial charge in [-0.15, -0.1) is 11.3 Å². The van der Waals surface area contributed by atoms with E-state index in [4.69, 9.17) is 0 Å². The van der Waals surface area contributed by atoms with E-state index in [-0.39, 0.29) is 24.2 Å². The second-order valence-corrected chi connectivity index (χ2v) is 6.17. The van der Waals surface area contributed by atoms with E-state index < -0.39 is 6.04 Å². The first-order chi connectivity index (χ1) is 10.6. The van der Waals surface area contributed by atoms with Crippen LogP contribution in [0.1, 0.15) is 19.4 Å². The molecule has 0 aliphatic rings. The van der Waals surface area contributed by atoms with Crippen molar-refractivity contribution in [3.8, 4) is 0 Å². The summed E-state index contributed by atoms with van der Waals surface area (Å²) >= 11 is 1.35. The van der Waals surface area contributed by atoms with Gasteiger partial charge in [0.25, 0.3) is 0 Å². The molecule has 1 aromatic heterocycles. The van der Waals surface area contributed by atoms with Gasteiger partial charge in [-0.3, -0.25) is 9.59 Å². The number of anilines is 1. The minimum absolute atomic E-state index is 0.0142. The molecular formula is C16H19N3O2S. The molecule has 2 rings (SSSR count). The molecular weight excluding hydrogens is 298 g/mol. The molecule has 0 saturated heterocycles. The van der Waals surface area contributed by atoms with Crippen LogP contribution in [0.4, 0.5) is 5.13 Å². The van der Waals surface area contributed by atoms with Gasteiger partial charge in [0.2, 0.25) is 11.8 Å². The van der Waals surface area contributed by atoms with Crippen LogP contribution in [0.2, 0.25) is 0 Å². The Morgan fingerprint density at radius 3 is 2.55 bits per heavy atom. The highest BCUT2D eigenvalue weighted by Gasteiger charge is 2.24. The average molecular weight is 317 g/mol. The van der Waals surface area contributed by atoms with Crippen LogP contribution in [-0.4, -0.2) is 22.8 Å². The number of carbonyl (C=O) groups excluding carboxylic acids is 2. The van der Waals surface area contributed by atoms with Crippen LogP contribution in [0.3, 0.4) is 0 Å². The monoisotopic (exact) mass is 317 g/mol. The van der Waals surface area contributed by atoms with Crippen LogP contribution in [0, 0.1) is 5.92 Å². The van der Waals surface area contributed by atoms with Crippen molar-refractivity contribution in [2.75, 3.05) is 5.32 Å². The molecule has 6 heteroatoms. The lowest BCUT2D eigenvalue weighted by Gasteiger charge is -2.21. The third-order valence-corrected chi connectivity index (χ3v) is 3.82. The van der Waals surface area contributed by atoms with Gasteiger partial charge in [-0.05, 0) is 11.5 Å². The maximum absolute atomic E-state index is 12.3. The molecule has 0 spiro atoms. The van der Waals surface area contributed by atoms with Gasteiger partial charge in [0, 0.05) is 11.6 Å². The van der Waals surface area contributed by atoms with Gasteiger partial charge in [-0.2, -0.15) is 0 Å². The molecule has 0 radical (unpaired) electrons. The minimum atomic E-state index is -0.583. The van der Waals surface area contributed by atoms with Crippen LogP contribution >= 0.6 is 11.3 Å². The van der Waals surface area contributed by atoms with Gasteiger partial charge in [-0.25, -0.2) is 4.98 Å².